The van der Waals surface area contributed by atoms with Crippen molar-refractivity contribution in [2.24, 2.45) is 17.8 Å². The molecule has 5 nitrogen and oxygen atoms in total. The summed E-state index contributed by atoms with van der Waals surface area (Å²) in [6, 6.07) is 41.9. The third-order valence-corrected chi connectivity index (χ3v) is 11.6. The number of benzene rings is 5. The van der Waals surface area contributed by atoms with Gasteiger partial charge in [0.1, 0.15) is 11.7 Å². The van der Waals surface area contributed by atoms with Crippen LogP contribution >= 0.6 is 0 Å². The van der Waals surface area contributed by atoms with Gasteiger partial charge in [-0.3, -0.25) is 0 Å². The standard InChI is InChI=1S/C44H34N4O/c45-26-35-7-4-8-37-38-22-34(15-18-39(38)49-40(35)37)30-9-11-32(12-10-30)42-46-41(31-5-2-1-3-6-31)47-43(48-42)33-13-16-36(17-14-33)44-23-27-19-28(24-44)21-29(20-27)25-44/h1-18,22,27-29H,19-21,23-25H2. The van der Waals surface area contributed by atoms with Gasteiger partial charge in [0.25, 0.3) is 0 Å². The predicted octanol–water partition coefficient (Wildman–Crippen LogP) is 10.8. The number of hydrogen-bond donors (Lipinski definition) is 0. The molecule has 0 atom stereocenters. The summed E-state index contributed by atoms with van der Waals surface area (Å²) < 4.78 is 6.05. The molecule has 4 bridgehead atoms. The van der Waals surface area contributed by atoms with Gasteiger partial charge in [-0.15, -0.1) is 0 Å². The average molecular weight is 635 g/mol. The molecule has 0 N–H and O–H groups in total. The van der Waals surface area contributed by atoms with E-state index in [9.17, 15) is 5.26 Å². The Hall–Kier alpha value is -5.60. The molecule has 2 aromatic heterocycles. The molecule has 49 heavy (non-hydrogen) atoms. The number of fused-ring (bicyclic) bond motifs is 3. The summed E-state index contributed by atoms with van der Waals surface area (Å²) in [5.74, 6) is 4.78. The lowest BCUT2D eigenvalue weighted by Gasteiger charge is -2.57. The van der Waals surface area contributed by atoms with Gasteiger partial charge in [-0.2, -0.15) is 5.26 Å². The number of furan rings is 1. The highest BCUT2D eigenvalue weighted by Gasteiger charge is 2.51. The van der Waals surface area contributed by atoms with Gasteiger partial charge in [0.2, 0.25) is 0 Å². The average Bonchev–Trinajstić information content (AvgIpc) is 3.53. The Morgan fingerprint density at radius 2 is 1.10 bits per heavy atom. The first-order valence-corrected chi connectivity index (χ1v) is 17.5. The van der Waals surface area contributed by atoms with E-state index < -0.39 is 0 Å². The van der Waals surface area contributed by atoms with E-state index >= 15 is 0 Å². The highest BCUT2D eigenvalue weighted by atomic mass is 16.3. The summed E-state index contributed by atoms with van der Waals surface area (Å²) in [6.45, 7) is 0. The third-order valence-electron chi connectivity index (χ3n) is 11.6. The van der Waals surface area contributed by atoms with E-state index in [-0.39, 0.29) is 0 Å². The van der Waals surface area contributed by atoms with Crippen molar-refractivity contribution >= 4 is 21.9 Å². The van der Waals surface area contributed by atoms with Crippen LogP contribution in [0.3, 0.4) is 0 Å². The van der Waals surface area contributed by atoms with Crippen LogP contribution in [0.4, 0.5) is 0 Å². The van der Waals surface area contributed by atoms with Gasteiger partial charge < -0.3 is 4.42 Å². The fourth-order valence-corrected chi connectivity index (χ4v) is 9.67. The molecule has 0 amide bonds. The maximum absolute atomic E-state index is 9.55. The lowest BCUT2D eigenvalue weighted by molar-refractivity contribution is -0.00518. The number of para-hydroxylation sites is 1. The van der Waals surface area contributed by atoms with Gasteiger partial charge in [0.15, 0.2) is 23.1 Å². The fourth-order valence-electron chi connectivity index (χ4n) is 9.67. The minimum Gasteiger partial charge on any atom is -0.455 e. The monoisotopic (exact) mass is 634 g/mol. The molecule has 4 fully saturated rings. The molecule has 0 spiro atoms. The SMILES string of the molecule is N#Cc1cccc2c1oc1ccc(-c3ccc(-c4nc(-c5ccccc5)nc(-c5ccc(C67CC8CC(CC(C8)C6)C7)cc5)n4)cc3)cc12. The van der Waals surface area contributed by atoms with E-state index in [2.05, 4.69) is 78.9 Å². The van der Waals surface area contributed by atoms with E-state index in [0.29, 0.717) is 34.0 Å². The lowest BCUT2D eigenvalue weighted by Crippen LogP contribution is -2.48. The molecule has 4 saturated carbocycles. The van der Waals surface area contributed by atoms with Gasteiger partial charge in [0.05, 0.1) is 5.56 Å². The molecule has 236 valence electrons. The Labute approximate surface area is 285 Å². The Kier molecular flexibility index (Phi) is 6.36. The largest absolute Gasteiger partial charge is 0.455 e. The summed E-state index contributed by atoms with van der Waals surface area (Å²) >= 11 is 0. The fraction of sp³-hybridized carbons (Fsp3) is 0.227. The molecule has 7 aromatic rings. The molecule has 0 aliphatic heterocycles. The number of nitrogens with zero attached hydrogens (tertiary/aromatic N) is 4. The molecular weight excluding hydrogens is 601 g/mol. The summed E-state index contributed by atoms with van der Waals surface area (Å²) in [6.07, 6.45) is 8.44. The molecule has 5 heteroatoms. The molecule has 0 unspecified atom stereocenters. The van der Waals surface area contributed by atoms with Gasteiger partial charge in [-0.05, 0) is 96.6 Å². The van der Waals surface area contributed by atoms with Crippen molar-refractivity contribution in [3.8, 4) is 51.4 Å². The predicted molar refractivity (Wildman–Crippen MR) is 193 cm³/mol. The van der Waals surface area contributed by atoms with Crippen molar-refractivity contribution in [2.45, 2.75) is 43.9 Å². The second-order valence-electron chi connectivity index (χ2n) is 14.6. The highest BCUT2D eigenvalue weighted by molar-refractivity contribution is 6.07. The van der Waals surface area contributed by atoms with Crippen LogP contribution < -0.4 is 0 Å². The minimum atomic E-state index is 0.364. The zero-order valence-corrected chi connectivity index (χ0v) is 27.1. The molecule has 4 aliphatic rings. The van der Waals surface area contributed by atoms with Crippen molar-refractivity contribution in [3.05, 3.63) is 126 Å². The molecule has 11 rings (SSSR count). The van der Waals surface area contributed by atoms with E-state index in [1.807, 2.05) is 36.4 Å². The third kappa shape index (κ3) is 4.77. The van der Waals surface area contributed by atoms with Gasteiger partial charge in [-0.25, -0.2) is 15.0 Å². The van der Waals surface area contributed by atoms with Gasteiger partial charge in [-0.1, -0.05) is 97.1 Å². The van der Waals surface area contributed by atoms with Crippen LogP contribution in [-0.2, 0) is 5.41 Å². The summed E-state index contributed by atoms with van der Waals surface area (Å²) in [7, 11) is 0. The Bertz CT molecular complexity index is 2380. The van der Waals surface area contributed by atoms with Crippen LogP contribution in [0.25, 0.3) is 67.2 Å². The number of nitriles is 1. The molecule has 5 aromatic carbocycles. The summed E-state index contributed by atoms with van der Waals surface area (Å²) in [5.41, 5.74) is 8.90. The van der Waals surface area contributed by atoms with Crippen molar-refractivity contribution < 1.29 is 4.42 Å². The number of rotatable bonds is 5. The second kappa shape index (κ2) is 11.0. The first-order valence-electron chi connectivity index (χ1n) is 17.5. The van der Waals surface area contributed by atoms with Gasteiger partial charge >= 0.3 is 0 Å². The minimum absolute atomic E-state index is 0.364. The van der Waals surface area contributed by atoms with Crippen molar-refractivity contribution in [1.82, 2.24) is 15.0 Å². The normalized spacial score (nSPS) is 22.5. The number of aromatic nitrogens is 3. The maximum Gasteiger partial charge on any atom is 0.164 e. The first kappa shape index (κ1) is 28.4. The van der Waals surface area contributed by atoms with E-state index in [0.717, 1.165) is 61.9 Å². The Morgan fingerprint density at radius 1 is 0.551 bits per heavy atom. The summed E-state index contributed by atoms with van der Waals surface area (Å²) in [4.78, 5) is 15.0. The Morgan fingerprint density at radius 3 is 1.71 bits per heavy atom. The van der Waals surface area contributed by atoms with Crippen LogP contribution in [0.5, 0.6) is 0 Å². The van der Waals surface area contributed by atoms with E-state index in [1.54, 1.807) is 6.07 Å². The smallest absolute Gasteiger partial charge is 0.164 e. The van der Waals surface area contributed by atoms with Crippen LogP contribution in [0, 0.1) is 29.1 Å². The van der Waals surface area contributed by atoms with Crippen LogP contribution in [0.1, 0.15) is 49.7 Å². The highest BCUT2D eigenvalue weighted by Crippen LogP contribution is 2.60. The zero-order valence-electron chi connectivity index (χ0n) is 27.1. The molecule has 0 saturated heterocycles. The van der Waals surface area contributed by atoms with Crippen molar-refractivity contribution in [1.29, 1.82) is 5.26 Å². The van der Waals surface area contributed by atoms with Crippen LogP contribution in [-0.4, -0.2) is 15.0 Å². The van der Waals surface area contributed by atoms with Crippen LogP contribution in [0.15, 0.2) is 120 Å². The number of hydrogen-bond acceptors (Lipinski definition) is 5. The molecule has 4 aliphatic carbocycles. The topological polar surface area (TPSA) is 75.6 Å². The zero-order chi connectivity index (χ0) is 32.5. The van der Waals surface area contributed by atoms with E-state index in [1.165, 1.54) is 44.1 Å². The lowest BCUT2D eigenvalue weighted by atomic mass is 9.48. The maximum atomic E-state index is 9.55. The van der Waals surface area contributed by atoms with Gasteiger partial charge in [0, 0.05) is 27.5 Å². The second-order valence-corrected chi connectivity index (χ2v) is 14.6. The van der Waals surface area contributed by atoms with E-state index in [4.69, 9.17) is 19.4 Å². The molecular formula is C44H34N4O. The quantitative estimate of drug-likeness (QED) is 0.188. The molecule has 0 radical (unpaired) electrons. The summed E-state index contributed by atoms with van der Waals surface area (Å²) in [5, 5.41) is 11.5. The van der Waals surface area contributed by atoms with Crippen molar-refractivity contribution in [2.75, 3.05) is 0 Å². The Balaban J connectivity index is 1.00. The molecule has 2 heterocycles. The first-order chi connectivity index (χ1) is 24.1. The van der Waals surface area contributed by atoms with Crippen LogP contribution in [0.2, 0.25) is 0 Å². The van der Waals surface area contributed by atoms with Crippen molar-refractivity contribution in [3.63, 3.8) is 0 Å².